The summed E-state index contributed by atoms with van der Waals surface area (Å²) in [4.78, 5) is 10.7. The molecule has 0 aliphatic rings. The highest BCUT2D eigenvalue weighted by molar-refractivity contribution is 6.17. The van der Waals surface area contributed by atoms with Crippen LogP contribution in [0.25, 0.3) is 0 Å². The number of carboxylic acids is 1. The second-order valence-corrected chi connectivity index (χ2v) is 3.72. The Balaban J connectivity index is 3.32. The van der Waals surface area contributed by atoms with E-state index in [0.29, 0.717) is 11.1 Å². The average molecular weight is 238 g/mol. The molecule has 1 N–H and O–H groups in total. The van der Waals surface area contributed by atoms with Crippen LogP contribution < -0.4 is 0 Å². The minimum atomic E-state index is -0.952. The van der Waals surface area contributed by atoms with Crippen molar-refractivity contribution in [3.8, 4) is 6.07 Å². The number of carbonyl (C=O) groups is 1. The standard InChI is InChI=1S/C12H12ClNO2/c1-2-8-3-9(6-13)11(5-12(15)16)10(4-8)7-14/h3-4H,2,5-6H2,1H3,(H,15,16). The Labute approximate surface area is 99.3 Å². The smallest absolute Gasteiger partial charge is 0.307 e. The van der Waals surface area contributed by atoms with Crippen LogP contribution in [0.1, 0.15) is 29.2 Å². The van der Waals surface area contributed by atoms with E-state index in [-0.39, 0.29) is 12.3 Å². The summed E-state index contributed by atoms with van der Waals surface area (Å²) in [7, 11) is 0. The molecule has 0 saturated carbocycles. The van der Waals surface area contributed by atoms with E-state index < -0.39 is 5.97 Å². The summed E-state index contributed by atoms with van der Waals surface area (Å²) in [6.07, 6.45) is 0.640. The monoisotopic (exact) mass is 237 g/mol. The van der Waals surface area contributed by atoms with Gasteiger partial charge >= 0.3 is 5.97 Å². The molecule has 0 aliphatic carbocycles. The number of rotatable bonds is 4. The van der Waals surface area contributed by atoms with Crippen LogP contribution in [-0.4, -0.2) is 11.1 Å². The van der Waals surface area contributed by atoms with Gasteiger partial charge in [-0.25, -0.2) is 0 Å². The number of aliphatic carboxylic acids is 1. The first-order chi connectivity index (χ1) is 7.62. The van der Waals surface area contributed by atoms with E-state index in [2.05, 4.69) is 0 Å². The van der Waals surface area contributed by atoms with Gasteiger partial charge in [-0.3, -0.25) is 4.79 Å². The summed E-state index contributed by atoms with van der Waals surface area (Å²) in [5, 5.41) is 17.8. The number of benzene rings is 1. The largest absolute Gasteiger partial charge is 0.481 e. The number of nitrogens with zero attached hydrogens (tertiary/aromatic N) is 1. The van der Waals surface area contributed by atoms with Crippen LogP contribution in [0.5, 0.6) is 0 Å². The first-order valence-corrected chi connectivity index (χ1v) is 5.48. The maximum absolute atomic E-state index is 10.7. The average Bonchev–Trinajstić information content (AvgIpc) is 2.28. The van der Waals surface area contributed by atoms with Gasteiger partial charge in [0.1, 0.15) is 0 Å². The first-order valence-electron chi connectivity index (χ1n) is 4.94. The van der Waals surface area contributed by atoms with Crippen LogP contribution in [0.2, 0.25) is 0 Å². The first kappa shape index (κ1) is 12.5. The van der Waals surface area contributed by atoms with Gasteiger partial charge in [-0.05, 0) is 29.2 Å². The van der Waals surface area contributed by atoms with Crippen molar-refractivity contribution in [1.29, 1.82) is 5.26 Å². The normalized spacial score (nSPS) is 9.81. The molecule has 0 spiro atoms. The van der Waals surface area contributed by atoms with Gasteiger partial charge in [0, 0.05) is 5.88 Å². The number of carboxylic acid groups (broad SMARTS) is 1. The van der Waals surface area contributed by atoms with Gasteiger partial charge in [-0.15, -0.1) is 11.6 Å². The minimum Gasteiger partial charge on any atom is -0.481 e. The lowest BCUT2D eigenvalue weighted by atomic mass is 9.96. The maximum Gasteiger partial charge on any atom is 0.307 e. The summed E-state index contributed by atoms with van der Waals surface area (Å²) in [5.41, 5.74) is 2.68. The molecule has 84 valence electrons. The van der Waals surface area contributed by atoms with E-state index in [9.17, 15) is 4.79 Å². The van der Waals surface area contributed by atoms with Gasteiger partial charge < -0.3 is 5.11 Å². The third-order valence-electron chi connectivity index (χ3n) is 2.40. The molecule has 0 radical (unpaired) electrons. The Bertz CT molecular complexity index is 449. The molecule has 0 atom stereocenters. The van der Waals surface area contributed by atoms with Gasteiger partial charge in [-0.1, -0.05) is 13.0 Å². The molecule has 0 fully saturated rings. The van der Waals surface area contributed by atoms with E-state index in [1.165, 1.54) is 0 Å². The lowest BCUT2D eigenvalue weighted by Crippen LogP contribution is -2.06. The molecule has 1 rings (SSSR count). The Morgan fingerprint density at radius 3 is 2.69 bits per heavy atom. The molecule has 0 aliphatic heterocycles. The van der Waals surface area contributed by atoms with Gasteiger partial charge in [0.15, 0.2) is 0 Å². The van der Waals surface area contributed by atoms with Gasteiger partial charge in [-0.2, -0.15) is 5.26 Å². The Morgan fingerprint density at radius 2 is 2.25 bits per heavy atom. The topological polar surface area (TPSA) is 61.1 Å². The summed E-state index contributed by atoms with van der Waals surface area (Å²) < 4.78 is 0. The van der Waals surface area contributed by atoms with Crippen LogP contribution in [0.15, 0.2) is 12.1 Å². The van der Waals surface area contributed by atoms with Crippen molar-refractivity contribution in [3.63, 3.8) is 0 Å². The molecule has 0 amide bonds. The number of hydrogen-bond donors (Lipinski definition) is 1. The lowest BCUT2D eigenvalue weighted by molar-refractivity contribution is -0.136. The zero-order valence-electron chi connectivity index (χ0n) is 8.96. The molecular weight excluding hydrogens is 226 g/mol. The third-order valence-corrected chi connectivity index (χ3v) is 2.69. The Hall–Kier alpha value is -1.53. The number of aryl methyl sites for hydroxylation is 1. The van der Waals surface area contributed by atoms with Crippen LogP contribution in [0.3, 0.4) is 0 Å². The number of nitriles is 1. The van der Waals surface area contributed by atoms with Crippen molar-refractivity contribution >= 4 is 17.6 Å². The summed E-state index contributed by atoms with van der Waals surface area (Å²) in [6.45, 7) is 1.98. The fourth-order valence-electron chi connectivity index (χ4n) is 1.58. The van der Waals surface area contributed by atoms with Crippen LogP contribution >= 0.6 is 11.6 Å². The van der Waals surface area contributed by atoms with Crippen molar-refractivity contribution in [2.75, 3.05) is 0 Å². The quantitative estimate of drug-likeness (QED) is 0.819. The van der Waals surface area contributed by atoms with Crippen molar-refractivity contribution in [2.24, 2.45) is 0 Å². The van der Waals surface area contributed by atoms with E-state index in [4.69, 9.17) is 22.0 Å². The second kappa shape index (κ2) is 5.53. The predicted octanol–water partition coefficient (Wildman–Crippen LogP) is 2.49. The molecule has 0 heterocycles. The summed E-state index contributed by atoms with van der Waals surface area (Å²) >= 11 is 5.77. The van der Waals surface area contributed by atoms with Crippen LogP contribution in [0.4, 0.5) is 0 Å². The SMILES string of the molecule is CCc1cc(C#N)c(CC(=O)O)c(CCl)c1. The second-order valence-electron chi connectivity index (χ2n) is 3.45. The predicted molar refractivity (Wildman–Crippen MR) is 61.4 cm³/mol. The highest BCUT2D eigenvalue weighted by Gasteiger charge is 2.12. The van der Waals surface area contributed by atoms with Gasteiger partial charge in [0.25, 0.3) is 0 Å². The fraction of sp³-hybridized carbons (Fsp3) is 0.333. The molecule has 1 aromatic rings. The van der Waals surface area contributed by atoms with Gasteiger partial charge in [0.2, 0.25) is 0 Å². The van der Waals surface area contributed by atoms with Crippen molar-refractivity contribution in [3.05, 3.63) is 34.4 Å². The number of halogens is 1. The molecule has 3 nitrogen and oxygen atoms in total. The molecule has 4 heteroatoms. The van der Waals surface area contributed by atoms with Crippen LogP contribution in [-0.2, 0) is 23.5 Å². The zero-order chi connectivity index (χ0) is 12.1. The lowest BCUT2D eigenvalue weighted by Gasteiger charge is -2.09. The van der Waals surface area contributed by atoms with Gasteiger partial charge in [0.05, 0.1) is 18.1 Å². The maximum atomic E-state index is 10.7. The zero-order valence-corrected chi connectivity index (χ0v) is 9.71. The third kappa shape index (κ3) is 2.74. The molecule has 0 saturated heterocycles. The molecular formula is C12H12ClNO2. The number of alkyl halides is 1. The fourth-order valence-corrected chi connectivity index (χ4v) is 1.82. The Morgan fingerprint density at radius 1 is 1.56 bits per heavy atom. The molecule has 16 heavy (non-hydrogen) atoms. The highest BCUT2D eigenvalue weighted by Crippen LogP contribution is 2.20. The number of hydrogen-bond acceptors (Lipinski definition) is 2. The molecule has 0 bridgehead atoms. The van der Waals surface area contributed by atoms with E-state index in [0.717, 1.165) is 17.5 Å². The minimum absolute atomic E-state index is 0.158. The molecule has 0 aromatic heterocycles. The summed E-state index contributed by atoms with van der Waals surface area (Å²) in [6, 6.07) is 5.63. The molecule has 1 aromatic carbocycles. The van der Waals surface area contributed by atoms with E-state index in [1.807, 2.05) is 19.1 Å². The van der Waals surface area contributed by atoms with Crippen molar-refractivity contribution in [1.82, 2.24) is 0 Å². The van der Waals surface area contributed by atoms with Crippen LogP contribution in [0, 0.1) is 11.3 Å². The van der Waals surface area contributed by atoms with E-state index >= 15 is 0 Å². The van der Waals surface area contributed by atoms with Crippen molar-refractivity contribution in [2.45, 2.75) is 25.6 Å². The molecule has 0 unspecified atom stereocenters. The Kier molecular flexibility index (Phi) is 4.33. The highest BCUT2D eigenvalue weighted by atomic mass is 35.5. The van der Waals surface area contributed by atoms with E-state index in [1.54, 1.807) is 6.07 Å². The summed E-state index contributed by atoms with van der Waals surface area (Å²) in [5.74, 6) is -0.724. The van der Waals surface area contributed by atoms with Crippen molar-refractivity contribution < 1.29 is 9.90 Å².